The molecule has 1 amide bonds. The van der Waals surface area contributed by atoms with Gasteiger partial charge in [0.25, 0.3) is 0 Å². The Morgan fingerprint density at radius 3 is 2.36 bits per heavy atom. The van der Waals surface area contributed by atoms with Gasteiger partial charge in [-0.05, 0) is 24.4 Å². The Kier molecular flexibility index (Phi) is 12.4. The number of unbranched alkanes of at least 4 members (excludes halogenated alkanes) is 9. The van der Waals surface area contributed by atoms with Crippen LogP contribution in [0.25, 0.3) is 11.2 Å². The highest BCUT2D eigenvalue weighted by Crippen LogP contribution is 2.39. The zero-order valence-electron chi connectivity index (χ0n) is 22.1. The Balaban J connectivity index is 1.51. The van der Waals surface area contributed by atoms with E-state index in [9.17, 15) is 19.6 Å². The van der Waals surface area contributed by atoms with Crippen LogP contribution in [0.2, 0.25) is 5.28 Å². The molecule has 1 aliphatic heterocycles. The number of nitrogens with one attached hydrogen (secondary N) is 1. The summed E-state index contributed by atoms with van der Waals surface area (Å²) >= 11 is 6.06. The summed E-state index contributed by atoms with van der Waals surface area (Å²) in [5.74, 6) is 0.00269. The summed E-state index contributed by atoms with van der Waals surface area (Å²) in [6, 6.07) is 0. The molecule has 2 aromatic heterocycles. The zero-order valence-corrected chi connectivity index (χ0v) is 23.8. The summed E-state index contributed by atoms with van der Waals surface area (Å²) in [6.45, 7) is 2.47. The van der Waals surface area contributed by atoms with E-state index in [1.165, 1.54) is 55.8 Å². The Morgan fingerprint density at radius 2 is 1.72 bits per heavy atom. The van der Waals surface area contributed by atoms with Gasteiger partial charge in [-0.2, -0.15) is 9.97 Å². The second kappa shape index (κ2) is 15.2. The van der Waals surface area contributed by atoms with E-state index in [1.807, 2.05) is 0 Å². The van der Waals surface area contributed by atoms with Crippen LogP contribution in [0.1, 0.15) is 83.8 Å². The smallest absolute Gasteiger partial charge is 0.412 e. The molecule has 2 aromatic rings. The topological polar surface area (TPSA) is 189 Å². The first kappa shape index (κ1) is 31.7. The summed E-state index contributed by atoms with van der Waals surface area (Å²) in [5, 5.41) is 23.2. The average Bonchev–Trinajstić information content (AvgIpc) is 3.41. The van der Waals surface area contributed by atoms with Crippen LogP contribution < -0.4 is 5.32 Å². The molecule has 0 aromatic carbocycles. The predicted molar refractivity (Wildman–Crippen MR) is 145 cm³/mol. The largest absolute Gasteiger partial charge is 0.449 e. The fourth-order valence-electron chi connectivity index (χ4n) is 4.54. The van der Waals surface area contributed by atoms with Crippen molar-refractivity contribution >= 4 is 42.3 Å². The van der Waals surface area contributed by atoms with Crippen LogP contribution in [0.3, 0.4) is 0 Å². The highest BCUT2D eigenvalue weighted by atomic mass is 35.5. The van der Waals surface area contributed by atoms with Gasteiger partial charge in [0.1, 0.15) is 12.2 Å². The number of hydrogen-bond acceptors (Lipinski definition) is 9. The Morgan fingerprint density at radius 1 is 1.08 bits per heavy atom. The van der Waals surface area contributed by atoms with Gasteiger partial charge in [-0.1, -0.05) is 64.7 Å². The lowest BCUT2D eigenvalue weighted by atomic mass is 10.1. The van der Waals surface area contributed by atoms with Gasteiger partial charge >= 0.3 is 13.7 Å². The van der Waals surface area contributed by atoms with E-state index in [2.05, 4.69) is 27.2 Å². The van der Waals surface area contributed by atoms with Crippen molar-refractivity contribution in [1.82, 2.24) is 19.5 Å². The van der Waals surface area contributed by atoms with Crippen molar-refractivity contribution < 1.29 is 38.8 Å². The number of carbonyl (C=O) groups excluding carboxylic acids is 1. The van der Waals surface area contributed by atoms with E-state index < -0.39 is 44.4 Å². The third-order valence-electron chi connectivity index (χ3n) is 6.66. The lowest BCUT2D eigenvalue weighted by Gasteiger charge is -2.16. The molecule has 0 saturated carbocycles. The van der Waals surface area contributed by atoms with E-state index in [0.717, 1.165) is 19.3 Å². The van der Waals surface area contributed by atoms with Crippen LogP contribution in [-0.2, 0) is 14.0 Å². The lowest BCUT2D eigenvalue weighted by molar-refractivity contribution is -0.0355. The number of hydrogen-bond donors (Lipinski definition) is 5. The first-order valence-electron chi connectivity index (χ1n) is 13.5. The third-order valence-corrected chi connectivity index (χ3v) is 7.67. The van der Waals surface area contributed by atoms with Crippen molar-refractivity contribution in [2.45, 2.75) is 102 Å². The first-order valence-corrected chi connectivity index (χ1v) is 15.7. The van der Waals surface area contributed by atoms with Crippen LogP contribution in [0.5, 0.6) is 0 Å². The predicted octanol–water partition coefficient (Wildman–Crippen LogP) is 4.14. The molecule has 4 atom stereocenters. The van der Waals surface area contributed by atoms with Crippen molar-refractivity contribution in [2.75, 3.05) is 18.1 Å². The number of halogens is 1. The second-order valence-electron chi connectivity index (χ2n) is 9.83. The minimum absolute atomic E-state index is 0.00269. The maximum atomic E-state index is 12.3. The standard InChI is InChI=1S/C24H39ClN5O8P/c1-2-3-4-5-6-7-8-9-10-11-13-37-24(33)28-20-17-21(29-23(25)27-20)30(15-26-17)22-19(32)18(31)16(38-22)12-14-39(34,35)36/h15-16,18-19,22,31-32H,2-14H2,1H3,(H2,34,35,36)(H,27,28,29,33). The molecule has 3 rings (SSSR count). The number of aromatic nitrogens is 4. The van der Waals surface area contributed by atoms with Gasteiger partial charge in [0.2, 0.25) is 5.28 Å². The van der Waals surface area contributed by atoms with Crippen LogP contribution in [0.4, 0.5) is 10.6 Å². The normalized spacial score (nSPS) is 21.5. The van der Waals surface area contributed by atoms with Crippen molar-refractivity contribution in [3.05, 3.63) is 11.6 Å². The van der Waals surface area contributed by atoms with Crippen LogP contribution >= 0.6 is 19.2 Å². The van der Waals surface area contributed by atoms with Gasteiger partial charge in [0.15, 0.2) is 23.2 Å². The molecular formula is C24H39ClN5O8P. The van der Waals surface area contributed by atoms with Gasteiger partial charge in [0.05, 0.1) is 25.2 Å². The average molecular weight is 592 g/mol. The quantitative estimate of drug-likeness (QED) is 0.107. The Hall–Kier alpha value is -1.86. The van der Waals surface area contributed by atoms with Crippen molar-refractivity contribution in [3.8, 4) is 0 Å². The summed E-state index contributed by atoms with van der Waals surface area (Å²) < 4.78 is 23.5. The van der Waals surface area contributed by atoms with Crippen molar-refractivity contribution in [2.24, 2.45) is 0 Å². The number of carbonyl (C=O) groups is 1. The Bertz CT molecular complexity index is 1120. The Labute approximate surface area is 232 Å². The molecular weight excluding hydrogens is 553 g/mol. The number of imidazole rings is 1. The molecule has 0 aliphatic carbocycles. The lowest BCUT2D eigenvalue weighted by Crippen LogP contribution is -2.31. The molecule has 3 heterocycles. The van der Waals surface area contributed by atoms with Crippen LogP contribution in [0, 0.1) is 0 Å². The molecule has 0 bridgehead atoms. The molecule has 13 nitrogen and oxygen atoms in total. The number of rotatable bonds is 16. The van der Waals surface area contributed by atoms with E-state index in [0.29, 0.717) is 0 Å². The van der Waals surface area contributed by atoms with Gasteiger partial charge in [0, 0.05) is 0 Å². The molecule has 0 radical (unpaired) electrons. The van der Waals surface area contributed by atoms with E-state index >= 15 is 0 Å². The van der Waals surface area contributed by atoms with E-state index in [1.54, 1.807) is 0 Å². The maximum Gasteiger partial charge on any atom is 0.412 e. The summed E-state index contributed by atoms with van der Waals surface area (Å²) in [6.07, 6.45) is 6.55. The molecule has 4 unspecified atom stereocenters. The summed E-state index contributed by atoms with van der Waals surface area (Å²) in [4.78, 5) is 42.9. The molecule has 15 heteroatoms. The minimum Gasteiger partial charge on any atom is -0.449 e. The van der Waals surface area contributed by atoms with Gasteiger partial charge in [-0.3, -0.25) is 14.4 Å². The fraction of sp³-hybridized carbons (Fsp3) is 0.750. The number of aliphatic hydroxyl groups is 2. The number of anilines is 1. The molecule has 1 fully saturated rings. The zero-order chi connectivity index (χ0) is 28.4. The van der Waals surface area contributed by atoms with Crippen molar-refractivity contribution in [1.29, 1.82) is 0 Å². The minimum atomic E-state index is -4.31. The summed E-state index contributed by atoms with van der Waals surface area (Å²) in [7, 11) is -4.31. The SMILES string of the molecule is CCCCCCCCCCCCOC(=O)Nc1nc(Cl)nc2c1ncn2C1OC(CCP(=O)(O)O)C(O)C1O. The fourth-order valence-corrected chi connectivity index (χ4v) is 5.30. The van der Waals surface area contributed by atoms with Gasteiger partial charge in [-0.25, -0.2) is 9.78 Å². The van der Waals surface area contributed by atoms with Crippen LogP contribution in [-0.4, -0.2) is 76.7 Å². The van der Waals surface area contributed by atoms with Crippen molar-refractivity contribution in [3.63, 3.8) is 0 Å². The number of fused-ring (bicyclic) bond motifs is 1. The molecule has 0 spiro atoms. The molecule has 39 heavy (non-hydrogen) atoms. The number of aliphatic hydroxyl groups excluding tert-OH is 2. The highest BCUT2D eigenvalue weighted by molar-refractivity contribution is 7.51. The molecule has 220 valence electrons. The molecule has 5 N–H and O–H groups in total. The third kappa shape index (κ3) is 9.63. The second-order valence-corrected chi connectivity index (χ2v) is 11.9. The summed E-state index contributed by atoms with van der Waals surface area (Å²) in [5.41, 5.74) is 0.270. The van der Waals surface area contributed by atoms with Crippen LogP contribution in [0.15, 0.2) is 6.33 Å². The molecule has 1 saturated heterocycles. The van der Waals surface area contributed by atoms with Gasteiger partial charge in [-0.15, -0.1) is 0 Å². The monoisotopic (exact) mass is 591 g/mol. The first-order chi connectivity index (χ1) is 18.6. The van der Waals surface area contributed by atoms with E-state index in [-0.39, 0.29) is 35.3 Å². The van der Waals surface area contributed by atoms with Gasteiger partial charge < -0.3 is 29.5 Å². The number of ether oxygens (including phenoxy) is 2. The number of nitrogens with zero attached hydrogens (tertiary/aromatic N) is 4. The maximum absolute atomic E-state index is 12.3. The number of amides is 1. The molecule has 1 aliphatic rings. The van der Waals surface area contributed by atoms with E-state index in [4.69, 9.17) is 30.9 Å². The highest BCUT2D eigenvalue weighted by Gasteiger charge is 2.44.